The highest BCUT2D eigenvalue weighted by Gasteiger charge is 2.28. The summed E-state index contributed by atoms with van der Waals surface area (Å²) in [5, 5.41) is 20.9. The molecule has 1 N–H and O–H groups in total. The van der Waals surface area contributed by atoms with Crippen LogP contribution in [0.25, 0.3) is 0 Å². The molecule has 1 atom stereocenters. The fraction of sp³-hybridized carbons (Fsp3) is 0.567. The van der Waals surface area contributed by atoms with E-state index in [0.29, 0.717) is 11.4 Å². The minimum Gasteiger partial charge on any atom is -0.545 e. The van der Waals surface area contributed by atoms with Crippen LogP contribution in [0, 0.1) is 0 Å². The van der Waals surface area contributed by atoms with Crippen molar-refractivity contribution in [2.75, 3.05) is 31.1 Å². The number of nitrogens with zero attached hydrogens (tertiary/aromatic N) is 2. The molecule has 200 valence electrons. The number of carbonyl (C=O) groups is 1. The highest BCUT2D eigenvalue weighted by molar-refractivity contribution is 7.99. The molecule has 0 bridgehead atoms. The molecule has 0 radical (unpaired) electrons. The third-order valence-electron chi connectivity index (χ3n) is 6.87. The molecular weight excluding hydrogens is 468 g/mol. The van der Waals surface area contributed by atoms with Gasteiger partial charge in [-0.1, -0.05) is 89.4 Å². The van der Waals surface area contributed by atoms with E-state index >= 15 is 0 Å². The molecule has 6 heteroatoms. The number of fused-ring (bicyclic) bond motifs is 2. The van der Waals surface area contributed by atoms with E-state index in [9.17, 15) is 15.0 Å². The van der Waals surface area contributed by atoms with Crippen LogP contribution in [-0.2, 0) is 4.79 Å². The van der Waals surface area contributed by atoms with Crippen molar-refractivity contribution in [3.05, 3.63) is 48.5 Å². The van der Waals surface area contributed by atoms with Crippen LogP contribution in [0.1, 0.15) is 79.1 Å². The maximum Gasteiger partial charge on any atom is 0.172 e. The number of quaternary nitrogens is 1. The predicted molar refractivity (Wildman–Crippen MR) is 150 cm³/mol. The summed E-state index contributed by atoms with van der Waals surface area (Å²) in [6.45, 7) is 15.0. The highest BCUT2D eigenvalue weighted by Crippen LogP contribution is 2.48. The zero-order chi connectivity index (χ0) is 26.4. The second-order valence-electron chi connectivity index (χ2n) is 9.75. The second-order valence-corrected chi connectivity index (χ2v) is 10.8. The third kappa shape index (κ3) is 8.53. The molecule has 1 aliphatic rings. The lowest BCUT2D eigenvalue weighted by Gasteiger charge is -2.39. The minimum atomic E-state index is -1.71. The number of carbonyl (C=O) groups excluding carboxylic acids is 1. The van der Waals surface area contributed by atoms with E-state index in [1.807, 2.05) is 36.4 Å². The normalized spacial score (nSPS) is 13.3. The Morgan fingerprint density at radius 2 is 1.14 bits per heavy atom. The van der Waals surface area contributed by atoms with Gasteiger partial charge in [-0.25, -0.2) is 0 Å². The summed E-state index contributed by atoms with van der Waals surface area (Å²) in [6.07, 6.45) is 9.36. The van der Waals surface area contributed by atoms with Crippen molar-refractivity contribution < 1.29 is 19.5 Å². The van der Waals surface area contributed by atoms with Gasteiger partial charge in [0, 0.05) is 9.79 Å². The highest BCUT2D eigenvalue weighted by atomic mass is 32.2. The molecule has 0 aromatic heterocycles. The monoisotopic (exact) mass is 514 g/mol. The molecule has 0 aliphatic carbocycles. The first kappa shape index (κ1) is 30.2. The van der Waals surface area contributed by atoms with Gasteiger partial charge in [0.2, 0.25) is 0 Å². The minimum absolute atomic E-state index is 0.669. The standard InChI is InChI=1S/C16H36N.C14H11NO3S/c1-5-9-13-17(14-10-6-2,15-11-7-3)16-12-8-4;16-13(14(17)18)15-9-5-1-3-7-11(9)19-12-8-4-2-6-10(12)15/h5-16H2,1-4H3;1-8,13,16H,(H,17,18)/q+1;/p-1. The Balaban J connectivity index is 0.000000256. The van der Waals surface area contributed by atoms with Crippen molar-refractivity contribution in [2.24, 2.45) is 0 Å². The van der Waals surface area contributed by atoms with Gasteiger partial charge in [-0.15, -0.1) is 0 Å². The summed E-state index contributed by atoms with van der Waals surface area (Å²) in [7, 11) is 0. The van der Waals surface area contributed by atoms with Crippen LogP contribution in [-0.4, -0.2) is 48.0 Å². The van der Waals surface area contributed by atoms with Crippen LogP contribution in [0.15, 0.2) is 58.3 Å². The van der Waals surface area contributed by atoms with Crippen molar-refractivity contribution in [1.29, 1.82) is 0 Å². The summed E-state index contributed by atoms with van der Waals surface area (Å²) in [4.78, 5) is 14.2. The van der Waals surface area contributed by atoms with Gasteiger partial charge >= 0.3 is 0 Å². The zero-order valence-corrected chi connectivity index (χ0v) is 23.6. The van der Waals surface area contributed by atoms with Crippen LogP contribution in [0.3, 0.4) is 0 Å². The quantitative estimate of drug-likeness (QED) is 0.297. The summed E-state index contributed by atoms with van der Waals surface area (Å²) in [5.41, 5.74) is 1.34. The summed E-state index contributed by atoms with van der Waals surface area (Å²) < 4.78 is 1.42. The van der Waals surface area contributed by atoms with E-state index in [0.717, 1.165) is 9.79 Å². The number of carboxylic acids is 1. The topological polar surface area (TPSA) is 63.6 Å². The lowest BCUT2D eigenvalue weighted by Crippen LogP contribution is -2.50. The number of rotatable bonds is 14. The molecular formula is C30H46N2O3S. The van der Waals surface area contributed by atoms with Crippen LogP contribution in [0.4, 0.5) is 11.4 Å². The Kier molecular flexibility index (Phi) is 13.4. The summed E-state index contributed by atoms with van der Waals surface area (Å²) in [5.74, 6) is -1.52. The average molecular weight is 515 g/mol. The lowest BCUT2D eigenvalue weighted by atomic mass is 10.1. The molecule has 0 spiro atoms. The maximum absolute atomic E-state index is 11.0. The van der Waals surface area contributed by atoms with Crippen molar-refractivity contribution in [3.8, 4) is 0 Å². The molecule has 36 heavy (non-hydrogen) atoms. The van der Waals surface area contributed by atoms with Gasteiger partial charge in [-0.2, -0.15) is 0 Å². The van der Waals surface area contributed by atoms with Crippen LogP contribution >= 0.6 is 11.8 Å². The van der Waals surface area contributed by atoms with E-state index in [2.05, 4.69) is 27.7 Å². The Bertz CT molecular complexity index is 838. The summed E-state index contributed by atoms with van der Waals surface area (Å²) in [6, 6.07) is 14.7. The second kappa shape index (κ2) is 16.0. The van der Waals surface area contributed by atoms with E-state index < -0.39 is 12.2 Å². The van der Waals surface area contributed by atoms with Crippen LogP contribution in [0.5, 0.6) is 0 Å². The number of hydrogen-bond donors (Lipinski definition) is 1. The molecule has 0 amide bonds. The van der Waals surface area contributed by atoms with Gasteiger partial charge in [-0.05, 0) is 49.9 Å². The van der Waals surface area contributed by atoms with Crippen LogP contribution in [0.2, 0.25) is 0 Å². The number of benzene rings is 2. The van der Waals surface area contributed by atoms with E-state index in [1.165, 1.54) is 86.9 Å². The number of aliphatic carboxylic acids is 1. The number of hydrogen-bond acceptors (Lipinski definition) is 5. The van der Waals surface area contributed by atoms with Gasteiger partial charge in [0.05, 0.1) is 43.5 Å². The van der Waals surface area contributed by atoms with Gasteiger partial charge in [0.25, 0.3) is 0 Å². The van der Waals surface area contributed by atoms with Crippen LogP contribution < -0.4 is 10.0 Å². The van der Waals surface area contributed by atoms with Crippen molar-refractivity contribution in [1.82, 2.24) is 0 Å². The number of carboxylic acid groups (broad SMARTS) is 1. The molecule has 3 rings (SSSR count). The molecule has 0 saturated carbocycles. The van der Waals surface area contributed by atoms with E-state index in [-0.39, 0.29) is 0 Å². The van der Waals surface area contributed by atoms with Crippen molar-refractivity contribution >= 4 is 29.1 Å². The molecule has 5 nitrogen and oxygen atoms in total. The van der Waals surface area contributed by atoms with Gasteiger partial charge < -0.3 is 24.4 Å². The number of para-hydroxylation sites is 2. The number of aliphatic hydroxyl groups excluding tert-OH is 1. The first-order valence-electron chi connectivity index (χ1n) is 13.8. The van der Waals surface area contributed by atoms with Gasteiger partial charge in [0.15, 0.2) is 6.23 Å². The van der Waals surface area contributed by atoms with E-state index in [4.69, 9.17) is 0 Å². The first-order valence-corrected chi connectivity index (χ1v) is 14.6. The SMILES string of the molecule is CCCC[N+](CCCC)(CCCC)CCCC.O=C([O-])C(O)N1c2ccccc2Sc2ccccc21. The Morgan fingerprint density at radius 1 is 0.778 bits per heavy atom. The van der Waals surface area contributed by atoms with Gasteiger partial charge in [0.1, 0.15) is 0 Å². The van der Waals surface area contributed by atoms with Crippen molar-refractivity contribution in [2.45, 2.75) is 95.1 Å². The predicted octanol–water partition coefficient (Wildman–Crippen LogP) is 6.36. The molecule has 1 unspecified atom stereocenters. The Hall–Kier alpha value is -2.02. The Labute approximate surface area is 223 Å². The third-order valence-corrected chi connectivity index (χ3v) is 8.00. The van der Waals surface area contributed by atoms with Gasteiger partial charge in [-0.3, -0.25) is 0 Å². The first-order chi connectivity index (χ1) is 17.4. The number of aliphatic hydroxyl groups is 1. The maximum atomic E-state index is 11.0. The molecule has 1 heterocycles. The fourth-order valence-electron chi connectivity index (χ4n) is 4.75. The van der Waals surface area contributed by atoms with Crippen molar-refractivity contribution in [3.63, 3.8) is 0 Å². The molecule has 2 aromatic rings. The molecule has 0 saturated heterocycles. The number of anilines is 2. The average Bonchev–Trinajstić information content (AvgIpc) is 2.90. The molecule has 1 aliphatic heterocycles. The zero-order valence-electron chi connectivity index (χ0n) is 22.7. The lowest BCUT2D eigenvalue weighted by molar-refractivity contribution is -0.929. The molecule has 2 aromatic carbocycles. The smallest absolute Gasteiger partial charge is 0.172 e. The molecule has 0 fully saturated rings. The largest absolute Gasteiger partial charge is 0.545 e. The number of unbranched alkanes of at least 4 members (excludes halogenated alkanes) is 4. The fourth-order valence-corrected chi connectivity index (χ4v) is 5.82. The van der Waals surface area contributed by atoms with E-state index in [1.54, 1.807) is 23.9 Å². The summed E-state index contributed by atoms with van der Waals surface area (Å²) >= 11 is 1.55. The Morgan fingerprint density at radius 3 is 1.47 bits per heavy atom.